The predicted octanol–water partition coefficient (Wildman–Crippen LogP) is 2.12. The molecule has 0 aromatic rings. The second-order valence-corrected chi connectivity index (χ2v) is 5.08. The monoisotopic (exact) mass is 201 g/mol. The minimum atomic E-state index is 0.320. The fraction of sp³-hybridized carbons (Fsp3) is 0.900. The smallest absolute Gasteiger partial charge is 0.0733 e. The van der Waals surface area contributed by atoms with Crippen LogP contribution in [0.1, 0.15) is 33.1 Å². The number of hydrogen-bond acceptors (Lipinski definition) is 2. The molecule has 1 rings (SSSR count). The Labute approximate surface area is 85.8 Å². The number of thiocarbonyl (C=S) groups is 1. The molecule has 0 aromatic heterocycles. The van der Waals surface area contributed by atoms with Gasteiger partial charge < -0.3 is 10.5 Å². The van der Waals surface area contributed by atoms with Crippen LogP contribution in [-0.4, -0.2) is 18.2 Å². The first kappa shape index (κ1) is 10.9. The van der Waals surface area contributed by atoms with E-state index in [2.05, 4.69) is 13.8 Å². The Morgan fingerprint density at radius 1 is 1.54 bits per heavy atom. The van der Waals surface area contributed by atoms with Gasteiger partial charge in [0.2, 0.25) is 0 Å². The number of ether oxygens (including phenoxy) is 1. The van der Waals surface area contributed by atoms with E-state index in [4.69, 9.17) is 22.7 Å². The summed E-state index contributed by atoms with van der Waals surface area (Å²) in [5.74, 6) is 0.612. The van der Waals surface area contributed by atoms with Gasteiger partial charge in [0.25, 0.3) is 0 Å². The molecular formula is C10H19NOS. The summed E-state index contributed by atoms with van der Waals surface area (Å²) in [6.45, 7) is 6.00. The van der Waals surface area contributed by atoms with E-state index in [0.29, 0.717) is 16.3 Å². The van der Waals surface area contributed by atoms with Gasteiger partial charge in [-0.25, -0.2) is 0 Å². The number of nitrogens with two attached hydrogens (primary N) is 1. The van der Waals surface area contributed by atoms with Crippen LogP contribution in [0.15, 0.2) is 0 Å². The summed E-state index contributed by atoms with van der Waals surface area (Å²) >= 11 is 4.91. The van der Waals surface area contributed by atoms with Gasteiger partial charge in [-0.1, -0.05) is 26.1 Å². The van der Waals surface area contributed by atoms with Gasteiger partial charge >= 0.3 is 0 Å². The lowest BCUT2D eigenvalue weighted by Gasteiger charge is -2.15. The molecule has 0 amide bonds. The first-order chi connectivity index (χ1) is 6.04. The zero-order chi connectivity index (χ0) is 9.90. The molecule has 0 aromatic carbocycles. The van der Waals surface area contributed by atoms with Gasteiger partial charge in [0.05, 0.1) is 11.6 Å². The van der Waals surface area contributed by atoms with Gasteiger partial charge in [0.1, 0.15) is 0 Å². The second kappa shape index (κ2) is 4.38. The number of rotatable bonds is 6. The maximum atomic E-state index is 5.61. The number of hydrogen-bond donors (Lipinski definition) is 1. The summed E-state index contributed by atoms with van der Waals surface area (Å²) in [6.07, 6.45) is 3.31. The van der Waals surface area contributed by atoms with Crippen LogP contribution in [0.5, 0.6) is 0 Å². The highest BCUT2D eigenvalue weighted by atomic mass is 32.1. The average Bonchev–Trinajstić information content (AvgIpc) is 2.66. The van der Waals surface area contributed by atoms with Crippen LogP contribution in [0, 0.1) is 11.3 Å². The molecule has 0 aliphatic heterocycles. The van der Waals surface area contributed by atoms with Crippen molar-refractivity contribution in [3.8, 4) is 0 Å². The molecule has 1 aliphatic carbocycles. The standard InChI is InChI=1S/C10H19NOS/c1-8(2)6-12-7-10(3-4-10)5-9(11)13/h8H,3-7H2,1-2H3,(H2,11,13). The molecule has 1 fully saturated rings. The van der Waals surface area contributed by atoms with E-state index in [1.54, 1.807) is 0 Å². The van der Waals surface area contributed by atoms with Crippen LogP contribution in [0.4, 0.5) is 0 Å². The Balaban J connectivity index is 2.16. The van der Waals surface area contributed by atoms with Gasteiger partial charge in [-0.15, -0.1) is 0 Å². The van der Waals surface area contributed by atoms with Crippen molar-refractivity contribution in [2.75, 3.05) is 13.2 Å². The Hall–Kier alpha value is -0.150. The fourth-order valence-corrected chi connectivity index (χ4v) is 1.74. The van der Waals surface area contributed by atoms with Crippen LogP contribution in [0.2, 0.25) is 0 Å². The van der Waals surface area contributed by atoms with Crippen LogP contribution < -0.4 is 5.73 Å². The van der Waals surface area contributed by atoms with Crippen molar-refractivity contribution in [3.63, 3.8) is 0 Å². The van der Waals surface area contributed by atoms with Crippen LogP contribution in [0.3, 0.4) is 0 Å². The van der Waals surface area contributed by atoms with Gasteiger partial charge in [-0.2, -0.15) is 0 Å². The van der Waals surface area contributed by atoms with Crippen LogP contribution in [-0.2, 0) is 4.74 Å². The summed E-state index contributed by atoms with van der Waals surface area (Å²) in [4.78, 5) is 0.630. The average molecular weight is 201 g/mol. The van der Waals surface area contributed by atoms with Crippen LogP contribution in [0.25, 0.3) is 0 Å². The molecule has 0 heterocycles. The quantitative estimate of drug-likeness (QED) is 0.669. The third-order valence-electron chi connectivity index (χ3n) is 2.37. The summed E-state index contributed by atoms with van der Waals surface area (Å²) in [6, 6.07) is 0. The molecule has 0 unspecified atom stereocenters. The zero-order valence-corrected chi connectivity index (χ0v) is 9.32. The Kier molecular flexibility index (Phi) is 3.68. The Morgan fingerprint density at radius 2 is 2.15 bits per heavy atom. The SMILES string of the molecule is CC(C)COCC1(CC(N)=S)CC1. The van der Waals surface area contributed by atoms with Gasteiger partial charge in [0, 0.05) is 18.4 Å². The molecule has 1 saturated carbocycles. The lowest BCUT2D eigenvalue weighted by molar-refractivity contribution is 0.0735. The molecule has 2 N–H and O–H groups in total. The van der Waals surface area contributed by atoms with E-state index in [1.807, 2.05) is 0 Å². The molecular weight excluding hydrogens is 182 g/mol. The highest BCUT2D eigenvalue weighted by Gasteiger charge is 2.43. The first-order valence-electron chi connectivity index (χ1n) is 4.90. The third-order valence-corrected chi connectivity index (χ3v) is 2.51. The van der Waals surface area contributed by atoms with Crippen molar-refractivity contribution < 1.29 is 4.74 Å². The summed E-state index contributed by atoms with van der Waals surface area (Å²) < 4.78 is 5.61. The largest absolute Gasteiger partial charge is 0.393 e. The summed E-state index contributed by atoms with van der Waals surface area (Å²) in [5.41, 5.74) is 5.85. The van der Waals surface area contributed by atoms with Gasteiger partial charge in [-0.3, -0.25) is 0 Å². The highest BCUT2D eigenvalue weighted by Crippen LogP contribution is 2.48. The minimum absolute atomic E-state index is 0.320. The van der Waals surface area contributed by atoms with Crippen molar-refractivity contribution in [1.82, 2.24) is 0 Å². The Morgan fingerprint density at radius 3 is 2.54 bits per heavy atom. The zero-order valence-electron chi connectivity index (χ0n) is 8.51. The molecule has 0 saturated heterocycles. The molecule has 1 aliphatic rings. The van der Waals surface area contributed by atoms with E-state index in [1.165, 1.54) is 12.8 Å². The maximum absolute atomic E-state index is 5.61. The minimum Gasteiger partial charge on any atom is -0.393 e. The van der Waals surface area contributed by atoms with Crippen LogP contribution >= 0.6 is 12.2 Å². The summed E-state index contributed by atoms with van der Waals surface area (Å²) in [7, 11) is 0. The van der Waals surface area contributed by atoms with Gasteiger partial charge in [0.15, 0.2) is 0 Å². The maximum Gasteiger partial charge on any atom is 0.0733 e. The van der Waals surface area contributed by atoms with Crippen molar-refractivity contribution in [2.45, 2.75) is 33.1 Å². The lowest BCUT2D eigenvalue weighted by atomic mass is 10.0. The molecule has 13 heavy (non-hydrogen) atoms. The van der Waals surface area contributed by atoms with E-state index in [9.17, 15) is 0 Å². The van der Waals surface area contributed by atoms with Gasteiger partial charge in [-0.05, 0) is 18.8 Å². The van der Waals surface area contributed by atoms with Crippen molar-refractivity contribution in [1.29, 1.82) is 0 Å². The third kappa shape index (κ3) is 4.05. The normalized spacial score (nSPS) is 19.0. The van der Waals surface area contributed by atoms with E-state index >= 15 is 0 Å². The fourth-order valence-electron chi connectivity index (χ4n) is 1.43. The van der Waals surface area contributed by atoms with Crippen molar-refractivity contribution in [2.24, 2.45) is 17.1 Å². The van der Waals surface area contributed by atoms with Crippen molar-refractivity contribution >= 4 is 17.2 Å². The van der Waals surface area contributed by atoms with E-state index in [-0.39, 0.29) is 0 Å². The molecule has 0 atom stereocenters. The summed E-state index contributed by atoms with van der Waals surface area (Å²) in [5, 5.41) is 0. The molecule has 76 valence electrons. The van der Waals surface area contributed by atoms with Crippen molar-refractivity contribution in [3.05, 3.63) is 0 Å². The topological polar surface area (TPSA) is 35.2 Å². The molecule has 0 bridgehead atoms. The lowest BCUT2D eigenvalue weighted by Crippen LogP contribution is -2.20. The van der Waals surface area contributed by atoms with E-state index in [0.717, 1.165) is 19.6 Å². The predicted molar refractivity (Wildman–Crippen MR) is 58.7 cm³/mol. The first-order valence-corrected chi connectivity index (χ1v) is 5.31. The van der Waals surface area contributed by atoms with E-state index < -0.39 is 0 Å². The molecule has 0 radical (unpaired) electrons. The molecule has 3 heteroatoms. The molecule has 2 nitrogen and oxygen atoms in total. The molecule has 0 spiro atoms. The Bertz CT molecular complexity index is 187. The highest BCUT2D eigenvalue weighted by molar-refractivity contribution is 7.80. The second-order valence-electron chi connectivity index (χ2n) is 4.55.